The largest absolute Gasteiger partial charge is 0.507 e. The molecule has 0 saturated carbocycles. The molecule has 1 atom stereocenters. The lowest BCUT2D eigenvalue weighted by Crippen LogP contribution is -2.30. The maximum absolute atomic E-state index is 13.1. The van der Waals surface area contributed by atoms with Crippen LogP contribution in [-0.4, -0.2) is 40.5 Å². The van der Waals surface area contributed by atoms with Gasteiger partial charge in [-0.3, -0.25) is 9.59 Å². The number of phenols is 2. The number of hydrogen-bond acceptors (Lipinski definition) is 7. The molecule has 0 amide bonds. The first-order chi connectivity index (χ1) is 15.6. The van der Waals surface area contributed by atoms with E-state index in [1.165, 1.54) is 0 Å². The predicted octanol–water partition coefficient (Wildman–Crippen LogP) is 4.71. The van der Waals surface area contributed by atoms with E-state index in [1.807, 2.05) is 13.8 Å². The Morgan fingerprint density at radius 3 is 2.39 bits per heavy atom. The summed E-state index contributed by atoms with van der Waals surface area (Å²) in [5, 5.41) is 20.7. The van der Waals surface area contributed by atoms with Crippen molar-refractivity contribution in [2.75, 3.05) is 6.61 Å². The Labute approximate surface area is 195 Å². The number of carbonyl (C=O) groups is 3. The second kappa shape index (κ2) is 9.92. The van der Waals surface area contributed by atoms with Crippen LogP contribution in [0.25, 0.3) is 0 Å². The maximum Gasteiger partial charge on any atom is 0.344 e. The lowest BCUT2D eigenvalue weighted by molar-refractivity contribution is -0.149. The normalized spacial score (nSPS) is 13.6. The number of fused-ring (bicyclic) bond motifs is 1. The maximum atomic E-state index is 13.1. The van der Waals surface area contributed by atoms with Crippen LogP contribution in [0.5, 0.6) is 17.2 Å². The summed E-state index contributed by atoms with van der Waals surface area (Å²) in [5.41, 5.74) is 0.961. The van der Waals surface area contributed by atoms with Gasteiger partial charge >= 0.3 is 5.97 Å². The van der Waals surface area contributed by atoms with Crippen molar-refractivity contribution in [1.82, 2.24) is 0 Å². The van der Waals surface area contributed by atoms with Gasteiger partial charge in [0.2, 0.25) is 0 Å². The van der Waals surface area contributed by atoms with Crippen molar-refractivity contribution in [1.29, 1.82) is 0 Å². The first-order valence-electron chi connectivity index (χ1n) is 10.2. The zero-order chi connectivity index (χ0) is 24.3. The number of Topliss-reactive ketones (excluding diaryl/α,β-unsaturated/α-hetero) is 1. The van der Waals surface area contributed by atoms with Crippen LogP contribution >= 0.6 is 11.6 Å². The topological polar surface area (TPSA) is 110 Å². The van der Waals surface area contributed by atoms with Gasteiger partial charge in [-0.2, -0.15) is 0 Å². The van der Waals surface area contributed by atoms with E-state index in [1.54, 1.807) is 31.2 Å². The number of esters is 1. The fourth-order valence-electron chi connectivity index (χ4n) is 3.41. The van der Waals surface area contributed by atoms with E-state index in [2.05, 4.69) is 0 Å². The molecule has 3 rings (SSSR count). The number of allylic oxidation sites excluding steroid dienone is 2. The lowest BCUT2D eigenvalue weighted by Gasteiger charge is -2.23. The average Bonchev–Trinajstić information content (AvgIpc) is 2.74. The standard InChI is InChI=1S/C25H23ClO7/c1-13(2)4-8-21(33-22(30)12-32-20-9-5-15(26)10-14(20)3)16-11-19(29)23-17(27)6-7-18(28)24(23)25(16)31/h4-7,9-11,21,27-28H,8,12H2,1-3H3/t21-/m1/s1. The number of ether oxygens (including phenoxy) is 2. The Bertz CT molecular complexity index is 1190. The van der Waals surface area contributed by atoms with Crippen molar-refractivity contribution in [3.63, 3.8) is 0 Å². The van der Waals surface area contributed by atoms with Crippen LogP contribution in [0.15, 0.2) is 53.6 Å². The van der Waals surface area contributed by atoms with Crippen LogP contribution < -0.4 is 4.74 Å². The molecule has 0 unspecified atom stereocenters. The minimum absolute atomic E-state index is 0.0954. The molecule has 1 aliphatic rings. The SMILES string of the molecule is CC(C)=CC[C@@H](OC(=O)COc1ccc(Cl)cc1C)C1=CC(=O)c2c(O)ccc(O)c2C1=O. The fraction of sp³-hybridized carbons (Fsp3) is 0.240. The van der Waals surface area contributed by atoms with Gasteiger partial charge in [0.1, 0.15) is 23.4 Å². The van der Waals surface area contributed by atoms with Gasteiger partial charge in [-0.25, -0.2) is 4.79 Å². The molecule has 0 radical (unpaired) electrons. The van der Waals surface area contributed by atoms with Crippen molar-refractivity contribution >= 4 is 29.1 Å². The number of hydrogen-bond donors (Lipinski definition) is 2. The van der Waals surface area contributed by atoms with Gasteiger partial charge < -0.3 is 19.7 Å². The Morgan fingerprint density at radius 1 is 1.09 bits per heavy atom. The highest BCUT2D eigenvalue weighted by Gasteiger charge is 2.35. The smallest absolute Gasteiger partial charge is 0.344 e. The summed E-state index contributed by atoms with van der Waals surface area (Å²) in [6.45, 7) is 5.03. The molecule has 0 fully saturated rings. The summed E-state index contributed by atoms with van der Waals surface area (Å²) in [6, 6.07) is 7.21. The Hall–Kier alpha value is -3.58. The van der Waals surface area contributed by atoms with E-state index >= 15 is 0 Å². The quantitative estimate of drug-likeness (QED) is 0.342. The van der Waals surface area contributed by atoms with E-state index in [0.29, 0.717) is 10.8 Å². The first-order valence-corrected chi connectivity index (χ1v) is 10.5. The van der Waals surface area contributed by atoms with Crippen LogP contribution in [0.2, 0.25) is 5.02 Å². The highest BCUT2D eigenvalue weighted by molar-refractivity contribution is 6.30. The second-order valence-corrected chi connectivity index (χ2v) is 8.28. The van der Waals surface area contributed by atoms with E-state index in [-0.39, 0.29) is 23.1 Å². The number of rotatable bonds is 7. The van der Waals surface area contributed by atoms with Crippen molar-refractivity contribution in [2.45, 2.75) is 33.3 Å². The zero-order valence-corrected chi connectivity index (χ0v) is 19.1. The molecule has 0 spiro atoms. The number of ketones is 2. The van der Waals surface area contributed by atoms with Crippen LogP contribution in [0.3, 0.4) is 0 Å². The summed E-state index contributed by atoms with van der Waals surface area (Å²) in [5.74, 6) is -2.52. The minimum Gasteiger partial charge on any atom is -0.507 e. The molecule has 0 saturated heterocycles. The fourth-order valence-corrected chi connectivity index (χ4v) is 3.63. The summed E-state index contributed by atoms with van der Waals surface area (Å²) in [4.78, 5) is 38.3. The molecule has 2 aromatic carbocycles. The molecule has 1 aliphatic carbocycles. The van der Waals surface area contributed by atoms with Gasteiger partial charge in [0.05, 0.1) is 11.1 Å². The van der Waals surface area contributed by atoms with E-state index in [0.717, 1.165) is 29.3 Å². The van der Waals surface area contributed by atoms with Crippen molar-refractivity contribution in [2.24, 2.45) is 0 Å². The van der Waals surface area contributed by atoms with Crippen LogP contribution in [0.4, 0.5) is 0 Å². The molecular formula is C25H23ClO7. The van der Waals surface area contributed by atoms with Gasteiger partial charge in [-0.1, -0.05) is 23.3 Å². The summed E-state index contributed by atoms with van der Waals surface area (Å²) >= 11 is 5.93. The number of halogens is 1. The Morgan fingerprint density at radius 2 is 1.76 bits per heavy atom. The number of aryl methyl sites for hydroxylation is 1. The van der Waals surface area contributed by atoms with Gasteiger partial charge in [0.15, 0.2) is 18.2 Å². The summed E-state index contributed by atoms with van der Waals surface area (Å²) in [7, 11) is 0. The number of carbonyl (C=O) groups excluding carboxylic acids is 3. The van der Waals surface area contributed by atoms with Crippen molar-refractivity contribution in [3.05, 3.63) is 75.3 Å². The summed E-state index contributed by atoms with van der Waals surface area (Å²) in [6.07, 6.45) is 1.84. The molecule has 2 aromatic rings. The minimum atomic E-state index is -1.09. The highest BCUT2D eigenvalue weighted by Crippen LogP contribution is 2.36. The molecule has 8 heteroatoms. The van der Waals surface area contributed by atoms with E-state index in [9.17, 15) is 24.6 Å². The van der Waals surface area contributed by atoms with Crippen LogP contribution in [-0.2, 0) is 9.53 Å². The van der Waals surface area contributed by atoms with E-state index in [4.69, 9.17) is 21.1 Å². The third kappa shape index (κ3) is 5.43. The number of phenolic OH excluding ortho intramolecular Hbond substituents is 2. The monoisotopic (exact) mass is 470 g/mol. The van der Waals surface area contributed by atoms with Gasteiger partial charge in [0.25, 0.3) is 0 Å². The molecule has 0 aromatic heterocycles. The highest BCUT2D eigenvalue weighted by atomic mass is 35.5. The molecular weight excluding hydrogens is 448 g/mol. The Kier molecular flexibility index (Phi) is 7.23. The summed E-state index contributed by atoms with van der Waals surface area (Å²) < 4.78 is 11.0. The number of benzene rings is 2. The Balaban J connectivity index is 1.84. The lowest BCUT2D eigenvalue weighted by atomic mass is 9.85. The third-order valence-corrected chi connectivity index (χ3v) is 5.26. The second-order valence-electron chi connectivity index (χ2n) is 7.84. The first kappa shape index (κ1) is 24.1. The molecule has 33 heavy (non-hydrogen) atoms. The molecule has 0 aliphatic heterocycles. The molecule has 0 heterocycles. The molecule has 172 valence electrons. The van der Waals surface area contributed by atoms with Crippen LogP contribution in [0.1, 0.15) is 46.5 Å². The van der Waals surface area contributed by atoms with Crippen molar-refractivity contribution in [3.8, 4) is 17.2 Å². The van der Waals surface area contributed by atoms with Gasteiger partial charge in [-0.05, 0) is 62.7 Å². The number of aromatic hydroxyl groups is 2. The van der Waals surface area contributed by atoms with Gasteiger partial charge in [-0.15, -0.1) is 0 Å². The average molecular weight is 471 g/mol. The van der Waals surface area contributed by atoms with Crippen molar-refractivity contribution < 1.29 is 34.1 Å². The predicted molar refractivity (Wildman–Crippen MR) is 122 cm³/mol. The third-order valence-electron chi connectivity index (χ3n) is 5.03. The van der Waals surface area contributed by atoms with E-state index < -0.39 is 41.7 Å². The molecule has 2 N–H and O–H groups in total. The van der Waals surface area contributed by atoms with Crippen LogP contribution in [0, 0.1) is 6.92 Å². The molecule has 0 bridgehead atoms. The molecule has 7 nitrogen and oxygen atoms in total. The van der Waals surface area contributed by atoms with Gasteiger partial charge in [0, 0.05) is 17.0 Å². The zero-order valence-electron chi connectivity index (χ0n) is 18.3.